The number of benzene rings is 1. The van der Waals surface area contributed by atoms with Crippen molar-refractivity contribution in [2.45, 2.75) is 77.6 Å². The minimum absolute atomic E-state index is 0.116. The summed E-state index contributed by atoms with van der Waals surface area (Å²) in [5.74, 6) is -0.0742. The summed E-state index contributed by atoms with van der Waals surface area (Å²) in [4.78, 5) is 34.3. The Labute approximate surface area is 220 Å². The summed E-state index contributed by atoms with van der Waals surface area (Å²) < 4.78 is 1.64. The molecule has 0 spiro atoms. The van der Waals surface area contributed by atoms with Gasteiger partial charge in [-0.15, -0.1) is 16.4 Å². The van der Waals surface area contributed by atoms with Crippen LogP contribution in [0.1, 0.15) is 68.3 Å². The van der Waals surface area contributed by atoms with Gasteiger partial charge in [-0.05, 0) is 25.2 Å². The maximum Gasteiger partial charge on any atom is 0.248 e. The van der Waals surface area contributed by atoms with Crippen molar-refractivity contribution in [3.05, 3.63) is 52.8 Å². The predicted octanol–water partition coefficient (Wildman–Crippen LogP) is 3.45. The van der Waals surface area contributed by atoms with Crippen LogP contribution in [0, 0.1) is 12.3 Å². The summed E-state index contributed by atoms with van der Waals surface area (Å²) in [6.07, 6.45) is 3.51. The molecular formula is C27H34N6O3S. The van der Waals surface area contributed by atoms with Gasteiger partial charge in [0.05, 0.1) is 24.0 Å². The topological polar surface area (TPSA) is 113 Å². The molecule has 1 saturated heterocycles. The van der Waals surface area contributed by atoms with Gasteiger partial charge in [-0.3, -0.25) is 9.59 Å². The third-order valence-electron chi connectivity index (χ3n) is 7.04. The first kappa shape index (κ1) is 25.5. The van der Waals surface area contributed by atoms with Crippen LogP contribution < -0.4 is 5.32 Å². The van der Waals surface area contributed by atoms with E-state index in [1.54, 1.807) is 16.0 Å². The van der Waals surface area contributed by atoms with Gasteiger partial charge >= 0.3 is 0 Å². The van der Waals surface area contributed by atoms with Crippen LogP contribution in [-0.2, 0) is 16.1 Å². The highest BCUT2D eigenvalue weighted by Gasteiger charge is 2.45. The molecule has 196 valence electrons. The Morgan fingerprint density at radius 3 is 2.62 bits per heavy atom. The van der Waals surface area contributed by atoms with Crippen molar-refractivity contribution < 1.29 is 14.7 Å². The minimum atomic E-state index is -0.757. The molecule has 0 radical (unpaired) electrons. The Balaban J connectivity index is 1.31. The van der Waals surface area contributed by atoms with Crippen LogP contribution in [0.3, 0.4) is 0 Å². The van der Waals surface area contributed by atoms with Gasteiger partial charge in [-0.25, -0.2) is 9.67 Å². The highest BCUT2D eigenvalue weighted by Crippen LogP contribution is 2.40. The van der Waals surface area contributed by atoms with Crippen molar-refractivity contribution in [3.63, 3.8) is 0 Å². The maximum atomic E-state index is 13.9. The Bertz CT molecular complexity index is 1280. The van der Waals surface area contributed by atoms with E-state index in [0.717, 1.165) is 39.7 Å². The number of nitrogens with one attached hydrogen (secondary N) is 1. The average molecular weight is 523 g/mol. The smallest absolute Gasteiger partial charge is 0.248 e. The zero-order valence-electron chi connectivity index (χ0n) is 21.7. The SMILES string of the molecule is Cc1nc(-c2ccccc2)sc1CNC(=O)[C@@H]1C[C@@H](O)CN1C(=O)[C@@H](n1cc(C2CC2)nn1)C(C)(C)C. The molecule has 0 bridgehead atoms. The lowest BCUT2D eigenvalue weighted by atomic mass is 9.85. The molecule has 37 heavy (non-hydrogen) atoms. The molecule has 10 heteroatoms. The van der Waals surface area contributed by atoms with Crippen molar-refractivity contribution >= 4 is 23.2 Å². The number of β-amino-alcohol motifs (C(OH)–C–C–N with tert-alkyl or cyclic N) is 1. The second-order valence-corrected chi connectivity index (χ2v) is 12.3. The van der Waals surface area contributed by atoms with Gasteiger partial charge < -0.3 is 15.3 Å². The molecule has 0 unspecified atom stereocenters. The number of likely N-dealkylation sites (tertiary alicyclic amines) is 1. The number of nitrogens with zero attached hydrogens (tertiary/aromatic N) is 5. The molecule has 1 aromatic carbocycles. The van der Waals surface area contributed by atoms with Crippen molar-refractivity contribution in [3.8, 4) is 10.6 Å². The number of aliphatic hydroxyl groups is 1. The van der Waals surface area contributed by atoms with Gasteiger partial charge in [-0.1, -0.05) is 56.3 Å². The third kappa shape index (κ3) is 5.45. The number of carbonyl (C=O) groups is 2. The number of carbonyl (C=O) groups excluding carboxylic acids is 2. The van der Waals surface area contributed by atoms with Crippen LogP contribution in [-0.4, -0.2) is 60.5 Å². The Hall–Kier alpha value is -3.11. The molecule has 5 rings (SSSR count). The Morgan fingerprint density at radius 2 is 1.95 bits per heavy atom. The van der Waals surface area contributed by atoms with Gasteiger partial charge in [-0.2, -0.15) is 0 Å². The highest BCUT2D eigenvalue weighted by atomic mass is 32.1. The number of rotatable bonds is 7. The zero-order valence-corrected chi connectivity index (χ0v) is 22.5. The van der Waals surface area contributed by atoms with Crippen LogP contribution in [0.25, 0.3) is 10.6 Å². The quantitative estimate of drug-likeness (QED) is 0.491. The summed E-state index contributed by atoms with van der Waals surface area (Å²) in [5.41, 5.74) is 2.35. The van der Waals surface area contributed by atoms with Crippen molar-refractivity contribution in [2.24, 2.45) is 5.41 Å². The standard InChI is InChI=1S/C27H34N6O3S/c1-16-22(37-25(29-16)18-8-6-5-7-9-18)13-28-24(35)21-12-19(34)14-32(21)26(36)23(27(2,3)4)33-15-20(30-31-33)17-10-11-17/h5-9,15,17,19,21,23,34H,10-14H2,1-4H3,(H,28,35)/t19-,21+,23-/m1/s1. The molecular weight excluding hydrogens is 488 g/mol. The molecule has 3 atom stereocenters. The fourth-order valence-electron chi connectivity index (χ4n) is 4.91. The molecule has 2 aromatic heterocycles. The van der Waals surface area contributed by atoms with E-state index < -0.39 is 23.6 Å². The van der Waals surface area contributed by atoms with E-state index in [-0.39, 0.29) is 24.8 Å². The van der Waals surface area contributed by atoms with Gasteiger partial charge in [0, 0.05) is 35.5 Å². The van der Waals surface area contributed by atoms with E-state index in [0.29, 0.717) is 12.5 Å². The van der Waals surface area contributed by atoms with E-state index in [4.69, 9.17) is 0 Å². The number of hydrogen-bond acceptors (Lipinski definition) is 7. The van der Waals surface area contributed by atoms with Crippen LogP contribution in [0.2, 0.25) is 0 Å². The van der Waals surface area contributed by atoms with Gasteiger partial charge in [0.15, 0.2) is 0 Å². The van der Waals surface area contributed by atoms with Crippen molar-refractivity contribution in [1.29, 1.82) is 0 Å². The summed E-state index contributed by atoms with van der Waals surface area (Å²) >= 11 is 1.55. The van der Waals surface area contributed by atoms with Crippen LogP contribution >= 0.6 is 11.3 Å². The normalized spacial score (nSPS) is 20.7. The van der Waals surface area contributed by atoms with E-state index in [9.17, 15) is 14.7 Å². The van der Waals surface area contributed by atoms with E-state index in [1.807, 2.05) is 64.2 Å². The molecule has 2 aliphatic rings. The number of aromatic nitrogens is 4. The summed E-state index contributed by atoms with van der Waals surface area (Å²) in [5, 5.41) is 22.9. The lowest BCUT2D eigenvalue weighted by molar-refractivity contribution is -0.144. The van der Waals surface area contributed by atoms with Gasteiger partial charge in [0.2, 0.25) is 11.8 Å². The second kappa shape index (κ2) is 9.98. The fourth-order valence-corrected chi connectivity index (χ4v) is 5.92. The van der Waals surface area contributed by atoms with E-state index in [2.05, 4.69) is 20.6 Å². The second-order valence-electron chi connectivity index (χ2n) is 11.2. The zero-order chi connectivity index (χ0) is 26.3. The lowest BCUT2D eigenvalue weighted by Crippen LogP contribution is -2.50. The number of thiazole rings is 1. The van der Waals surface area contributed by atoms with E-state index in [1.165, 1.54) is 4.90 Å². The Morgan fingerprint density at radius 1 is 1.22 bits per heavy atom. The van der Waals surface area contributed by atoms with Crippen molar-refractivity contribution in [2.75, 3.05) is 6.54 Å². The molecule has 2 N–H and O–H groups in total. The van der Waals surface area contributed by atoms with Crippen LogP contribution in [0.15, 0.2) is 36.5 Å². The number of aryl methyl sites for hydroxylation is 1. The molecule has 1 aliphatic carbocycles. The first-order valence-corrected chi connectivity index (χ1v) is 13.6. The summed E-state index contributed by atoms with van der Waals surface area (Å²) in [6, 6.07) is 8.55. The summed E-state index contributed by atoms with van der Waals surface area (Å²) in [6.45, 7) is 8.30. The average Bonchev–Trinajstić information content (AvgIpc) is 3.27. The number of aliphatic hydroxyl groups excluding tert-OH is 1. The van der Waals surface area contributed by atoms with E-state index >= 15 is 0 Å². The van der Waals surface area contributed by atoms with Crippen LogP contribution in [0.5, 0.6) is 0 Å². The maximum absolute atomic E-state index is 13.9. The monoisotopic (exact) mass is 522 g/mol. The fraction of sp³-hybridized carbons (Fsp3) is 0.519. The molecule has 2 amide bonds. The molecule has 1 saturated carbocycles. The molecule has 3 aromatic rings. The first-order valence-electron chi connectivity index (χ1n) is 12.8. The molecule has 9 nitrogen and oxygen atoms in total. The minimum Gasteiger partial charge on any atom is -0.391 e. The lowest BCUT2D eigenvalue weighted by Gasteiger charge is -2.34. The van der Waals surface area contributed by atoms with Gasteiger partial charge in [0.25, 0.3) is 0 Å². The Kier molecular flexibility index (Phi) is 6.89. The molecule has 1 aliphatic heterocycles. The largest absolute Gasteiger partial charge is 0.391 e. The van der Waals surface area contributed by atoms with Gasteiger partial charge in [0.1, 0.15) is 17.1 Å². The molecule has 3 heterocycles. The summed E-state index contributed by atoms with van der Waals surface area (Å²) in [7, 11) is 0. The predicted molar refractivity (Wildman–Crippen MR) is 141 cm³/mol. The third-order valence-corrected chi connectivity index (χ3v) is 8.25. The number of amides is 2. The number of hydrogen-bond donors (Lipinski definition) is 2. The first-order chi connectivity index (χ1) is 17.6. The molecule has 2 fully saturated rings. The highest BCUT2D eigenvalue weighted by molar-refractivity contribution is 7.15. The van der Waals surface area contributed by atoms with Crippen LogP contribution in [0.4, 0.5) is 0 Å². The van der Waals surface area contributed by atoms with Crippen molar-refractivity contribution in [1.82, 2.24) is 30.2 Å².